The maximum absolute atomic E-state index is 13.2. The van der Waals surface area contributed by atoms with E-state index in [1.165, 1.54) is 12.1 Å². The molecule has 0 amide bonds. The number of rotatable bonds is 7. The minimum absolute atomic E-state index is 0.344. The monoisotopic (exact) mass is 317 g/mol. The standard InChI is InChI=1S/C13H17BrFNO2/c14-11-6-9(7-12(15)8-11)5-10(13(17)18)3-1-2-4-16/h6-8,10H,1-5,16H2,(H,17,18). The molecular formula is C13H17BrFNO2. The molecule has 1 unspecified atom stereocenters. The van der Waals surface area contributed by atoms with Crippen molar-refractivity contribution in [1.29, 1.82) is 0 Å². The highest BCUT2D eigenvalue weighted by Gasteiger charge is 2.18. The van der Waals surface area contributed by atoms with Crippen molar-refractivity contribution in [2.75, 3.05) is 6.54 Å². The van der Waals surface area contributed by atoms with E-state index in [9.17, 15) is 9.18 Å². The summed E-state index contributed by atoms with van der Waals surface area (Å²) in [7, 11) is 0. The van der Waals surface area contributed by atoms with Crippen LogP contribution in [0, 0.1) is 11.7 Å². The summed E-state index contributed by atoms with van der Waals surface area (Å²) in [6.07, 6.45) is 2.51. The summed E-state index contributed by atoms with van der Waals surface area (Å²) < 4.78 is 13.8. The van der Waals surface area contributed by atoms with Gasteiger partial charge in [-0.15, -0.1) is 0 Å². The molecule has 0 aliphatic rings. The molecule has 1 aromatic rings. The van der Waals surface area contributed by atoms with E-state index in [0.717, 1.165) is 12.8 Å². The maximum atomic E-state index is 13.2. The van der Waals surface area contributed by atoms with Gasteiger partial charge < -0.3 is 10.8 Å². The Morgan fingerprint density at radius 1 is 1.39 bits per heavy atom. The number of carbonyl (C=O) groups is 1. The average Bonchev–Trinajstić information content (AvgIpc) is 2.26. The van der Waals surface area contributed by atoms with Crippen LogP contribution < -0.4 is 5.73 Å². The highest BCUT2D eigenvalue weighted by molar-refractivity contribution is 9.10. The fraction of sp³-hybridized carbons (Fsp3) is 0.462. The lowest BCUT2D eigenvalue weighted by Gasteiger charge is -2.12. The van der Waals surface area contributed by atoms with Gasteiger partial charge in [0.15, 0.2) is 0 Å². The van der Waals surface area contributed by atoms with Gasteiger partial charge >= 0.3 is 5.97 Å². The maximum Gasteiger partial charge on any atom is 0.306 e. The van der Waals surface area contributed by atoms with Crippen LogP contribution in [-0.4, -0.2) is 17.6 Å². The zero-order chi connectivity index (χ0) is 13.5. The van der Waals surface area contributed by atoms with E-state index in [-0.39, 0.29) is 5.82 Å². The molecule has 1 rings (SSSR count). The number of hydrogen-bond donors (Lipinski definition) is 2. The van der Waals surface area contributed by atoms with Crippen LogP contribution in [0.2, 0.25) is 0 Å². The number of hydrogen-bond acceptors (Lipinski definition) is 2. The van der Waals surface area contributed by atoms with Crippen LogP contribution in [0.25, 0.3) is 0 Å². The molecule has 0 fully saturated rings. The lowest BCUT2D eigenvalue weighted by molar-refractivity contribution is -0.142. The van der Waals surface area contributed by atoms with Crippen molar-refractivity contribution in [1.82, 2.24) is 0 Å². The predicted octanol–water partition coefficient (Wildman–Crippen LogP) is 2.96. The Balaban J connectivity index is 2.67. The molecule has 0 saturated heterocycles. The van der Waals surface area contributed by atoms with E-state index in [1.54, 1.807) is 6.07 Å². The zero-order valence-electron chi connectivity index (χ0n) is 10.0. The van der Waals surface area contributed by atoms with Gasteiger partial charge in [-0.25, -0.2) is 4.39 Å². The van der Waals surface area contributed by atoms with Crippen molar-refractivity contribution in [3.8, 4) is 0 Å². The molecule has 0 aliphatic heterocycles. The molecule has 3 nitrogen and oxygen atoms in total. The van der Waals surface area contributed by atoms with Crippen molar-refractivity contribution in [3.05, 3.63) is 34.1 Å². The van der Waals surface area contributed by atoms with Crippen LogP contribution >= 0.6 is 15.9 Å². The van der Waals surface area contributed by atoms with Crippen molar-refractivity contribution in [2.45, 2.75) is 25.7 Å². The van der Waals surface area contributed by atoms with Crippen LogP contribution in [0.3, 0.4) is 0 Å². The summed E-state index contributed by atoms with van der Waals surface area (Å²) in [5.41, 5.74) is 6.08. The number of carboxylic acids is 1. The smallest absolute Gasteiger partial charge is 0.306 e. The molecule has 0 bridgehead atoms. The Morgan fingerprint density at radius 2 is 2.11 bits per heavy atom. The molecule has 1 atom stereocenters. The number of halogens is 2. The lowest BCUT2D eigenvalue weighted by Crippen LogP contribution is -2.17. The van der Waals surface area contributed by atoms with E-state index in [1.807, 2.05) is 0 Å². The Kier molecular flexibility index (Phi) is 6.29. The Morgan fingerprint density at radius 3 is 2.67 bits per heavy atom. The number of benzene rings is 1. The fourth-order valence-corrected chi connectivity index (χ4v) is 2.37. The predicted molar refractivity (Wildman–Crippen MR) is 71.8 cm³/mol. The molecule has 0 aromatic heterocycles. The molecule has 18 heavy (non-hydrogen) atoms. The summed E-state index contributed by atoms with van der Waals surface area (Å²) in [6.45, 7) is 0.567. The van der Waals surface area contributed by atoms with Crippen molar-refractivity contribution < 1.29 is 14.3 Å². The molecule has 3 N–H and O–H groups in total. The van der Waals surface area contributed by atoms with Crippen molar-refractivity contribution in [2.24, 2.45) is 11.7 Å². The molecule has 0 aliphatic carbocycles. The largest absolute Gasteiger partial charge is 0.481 e. The van der Waals surface area contributed by atoms with E-state index >= 15 is 0 Å². The summed E-state index contributed by atoms with van der Waals surface area (Å²) >= 11 is 3.20. The fourth-order valence-electron chi connectivity index (χ4n) is 1.86. The zero-order valence-corrected chi connectivity index (χ0v) is 11.6. The molecule has 0 heterocycles. The molecule has 1 aromatic carbocycles. The Bertz CT molecular complexity index is 392. The number of aliphatic carboxylic acids is 1. The average molecular weight is 318 g/mol. The summed E-state index contributed by atoms with van der Waals surface area (Å²) in [5, 5.41) is 9.14. The van der Waals surface area contributed by atoms with Crippen LogP contribution in [0.15, 0.2) is 22.7 Å². The molecule has 0 spiro atoms. The second kappa shape index (κ2) is 7.48. The third-order valence-corrected chi connectivity index (χ3v) is 3.22. The van der Waals surface area contributed by atoms with Gasteiger partial charge in [0.1, 0.15) is 5.82 Å². The Hall–Kier alpha value is -0.940. The minimum atomic E-state index is -0.840. The molecule has 0 radical (unpaired) electrons. The summed E-state index contributed by atoms with van der Waals surface area (Å²) in [5.74, 6) is -1.68. The minimum Gasteiger partial charge on any atom is -0.481 e. The van der Waals surface area contributed by atoms with Crippen molar-refractivity contribution >= 4 is 21.9 Å². The number of unbranched alkanes of at least 4 members (excludes halogenated alkanes) is 1. The number of carboxylic acid groups (broad SMARTS) is 1. The van der Waals surface area contributed by atoms with E-state index in [4.69, 9.17) is 10.8 Å². The molecule has 5 heteroatoms. The summed E-state index contributed by atoms with van der Waals surface area (Å²) in [6, 6.07) is 4.49. The lowest BCUT2D eigenvalue weighted by atomic mass is 9.94. The SMILES string of the molecule is NCCCCC(Cc1cc(F)cc(Br)c1)C(=O)O. The quantitative estimate of drug-likeness (QED) is 0.760. The van der Waals surface area contributed by atoms with Crippen LogP contribution in [-0.2, 0) is 11.2 Å². The first-order valence-electron chi connectivity index (χ1n) is 5.90. The topological polar surface area (TPSA) is 63.3 Å². The third kappa shape index (κ3) is 5.14. The Labute approximate surface area is 114 Å². The van der Waals surface area contributed by atoms with E-state index in [2.05, 4.69) is 15.9 Å². The van der Waals surface area contributed by atoms with E-state index in [0.29, 0.717) is 29.4 Å². The second-order valence-corrected chi connectivity index (χ2v) is 5.22. The third-order valence-electron chi connectivity index (χ3n) is 2.76. The van der Waals surface area contributed by atoms with E-state index < -0.39 is 11.9 Å². The molecular weight excluding hydrogens is 301 g/mol. The van der Waals surface area contributed by atoms with Crippen LogP contribution in [0.5, 0.6) is 0 Å². The van der Waals surface area contributed by atoms with Crippen LogP contribution in [0.4, 0.5) is 4.39 Å². The van der Waals surface area contributed by atoms with Gasteiger partial charge in [0.2, 0.25) is 0 Å². The van der Waals surface area contributed by atoms with Gasteiger partial charge in [-0.3, -0.25) is 4.79 Å². The first-order chi connectivity index (χ1) is 8.52. The number of nitrogens with two attached hydrogens (primary N) is 1. The van der Waals surface area contributed by atoms with Gasteiger partial charge in [-0.05, 0) is 49.6 Å². The van der Waals surface area contributed by atoms with Crippen LogP contribution in [0.1, 0.15) is 24.8 Å². The van der Waals surface area contributed by atoms with Gasteiger partial charge in [0, 0.05) is 4.47 Å². The highest BCUT2D eigenvalue weighted by Crippen LogP contribution is 2.20. The van der Waals surface area contributed by atoms with Gasteiger partial charge in [0.05, 0.1) is 5.92 Å². The summed E-state index contributed by atoms with van der Waals surface area (Å²) in [4.78, 5) is 11.1. The molecule has 100 valence electrons. The molecule has 0 saturated carbocycles. The second-order valence-electron chi connectivity index (χ2n) is 4.30. The van der Waals surface area contributed by atoms with Gasteiger partial charge in [-0.1, -0.05) is 22.4 Å². The van der Waals surface area contributed by atoms with Crippen molar-refractivity contribution in [3.63, 3.8) is 0 Å². The van der Waals surface area contributed by atoms with Gasteiger partial charge in [-0.2, -0.15) is 0 Å². The highest BCUT2D eigenvalue weighted by atomic mass is 79.9. The first kappa shape index (κ1) is 15.1. The normalized spacial score (nSPS) is 12.4. The first-order valence-corrected chi connectivity index (χ1v) is 6.70. The van der Waals surface area contributed by atoms with Gasteiger partial charge in [0.25, 0.3) is 0 Å².